The van der Waals surface area contributed by atoms with Crippen molar-refractivity contribution in [2.24, 2.45) is 16.1 Å². The number of azo groups is 1. The lowest BCUT2D eigenvalue weighted by atomic mass is 9.81. The summed E-state index contributed by atoms with van der Waals surface area (Å²) in [5.74, 6) is 1.38. The lowest BCUT2D eigenvalue weighted by Gasteiger charge is -2.30. The molecule has 0 unspecified atom stereocenters. The third-order valence-corrected chi connectivity index (χ3v) is 6.54. The third kappa shape index (κ3) is 3.48. The van der Waals surface area contributed by atoms with E-state index < -0.39 is 0 Å². The Kier molecular flexibility index (Phi) is 4.92. The highest BCUT2D eigenvalue weighted by Gasteiger charge is 2.30. The van der Waals surface area contributed by atoms with Gasteiger partial charge in [0.05, 0.1) is 35.2 Å². The summed E-state index contributed by atoms with van der Waals surface area (Å²) in [4.78, 5) is 5.87. The first-order valence-corrected chi connectivity index (χ1v) is 10.7. The number of hydrogen-bond acceptors (Lipinski definition) is 4. The monoisotopic (exact) mass is 408 g/mol. The first kappa shape index (κ1) is 18.5. The van der Waals surface area contributed by atoms with Crippen LogP contribution >= 0.6 is 11.6 Å². The summed E-state index contributed by atoms with van der Waals surface area (Å²) in [7, 11) is 2.12. The molecule has 1 aliphatic carbocycles. The average Bonchev–Trinajstić information content (AvgIpc) is 3.08. The zero-order valence-electron chi connectivity index (χ0n) is 16.6. The van der Waals surface area contributed by atoms with Crippen molar-refractivity contribution in [2.75, 3.05) is 18.5 Å². The van der Waals surface area contributed by atoms with Gasteiger partial charge in [0.15, 0.2) is 0 Å². The number of benzene rings is 1. The van der Waals surface area contributed by atoms with Gasteiger partial charge < -0.3 is 14.6 Å². The second-order valence-electron chi connectivity index (χ2n) is 8.04. The molecule has 0 radical (unpaired) electrons. The smallest absolute Gasteiger partial charge is 0.119 e. The molecule has 6 heteroatoms. The van der Waals surface area contributed by atoms with Crippen molar-refractivity contribution in [3.05, 3.63) is 57.7 Å². The molecule has 29 heavy (non-hydrogen) atoms. The van der Waals surface area contributed by atoms with Crippen LogP contribution in [0.3, 0.4) is 0 Å². The lowest BCUT2D eigenvalue weighted by molar-refractivity contribution is 0.143. The fraction of sp³-hybridized carbons (Fsp3) is 0.391. The molecular formula is C23H25ClN4O. The second kappa shape index (κ2) is 7.71. The Morgan fingerprint density at radius 1 is 1.14 bits per heavy atom. The summed E-state index contributed by atoms with van der Waals surface area (Å²) in [6.45, 7) is 1.41. The molecule has 5 nitrogen and oxygen atoms in total. The molecule has 0 atom stereocenters. The maximum Gasteiger partial charge on any atom is 0.119 e. The SMILES string of the molecule is CN1CC=C(Cl)C([C@H]2CC[C@@H](Oc3ccccc3)CC2)=c2[nH]c3c(c21)CN=NC=3. The normalized spacial score (nSPS) is 23.6. The number of rotatable bonds is 3. The van der Waals surface area contributed by atoms with Gasteiger partial charge in [0.2, 0.25) is 0 Å². The molecule has 150 valence electrons. The molecule has 1 aromatic carbocycles. The number of hydrogen-bond donors (Lipinski definition) is 1. The van der Waals surface area contributed by atoms with Gasteiger partial charge in [-0.2, -0.15) is 10.2 Å². The molecule has 1 saturated carbocycles. The molecule has 0 bridgehead atoms. The predicted molar refractivity (Wildman–Crippen MR) is 116 cm³/mol. The number of nitrogens with zero attached hydrogens (tertiary/aromatic N) is 3. The number of halogens is 1. The minimum Gasteiger partial charge on any atom is -0.490 e. The number of aromatic amines is 1. The summed E-state index contributed by atoms with van der Waals surface area (Å²) in [6, 6.07) is 10.1. The molecule has 3 aliphatic rings. The Bertz CT molecular complexity index is 1080. The topological polar surface area (TPSA) is 53.0 Å². The van der Waals surface area contributed by atoms with Crippen LogP contribution in [0.4, 0.5) is 5.69 Å². The van der Waals surface area contributed by atoms with Crippen LogP contribution in [0.25, 0.3) is 11.8 Å². The number of fused-ring (bicyclic) bond motifs is 3. The van der Waals surface area contributed by atoms with Gasteiger partial charge in [-0.1, -0.05) is 29.8 Å². The molecule has 0 spiro atoms. The third-order valence-electron chi connectivity index (χ3n) is 6.19. The van der Waals surface area contributed by atoms with Crippen LogP contribution in [-0.4, -0.2) is 24.7 Å². The van der Waals surface area contributed by atoms with Crippen molar-refractivity contribution in [1.82, 2.24) is 4.98 Å². The molecule has 1 fully saturated rings. The number of H-pyrrole nitrogens is 1. The van der Waals surface area contributed by atoms with Crippen LogP contribution in [0.5, 0.6) is 5.75 Å². The first-order chi connectivity index (χ1) is 14.2. The van der Waals surface area contributed by atoms with Crippen molar-refractivity contribution < 1.29 is 4.74 Å². The number of nitrogens with one attached hydrogen (secondary N) is 1. The Labute approximate surface area is 175 Å². The molecule has 3 heterocycles. The zero-order valence-corrected chi connectivity index (χ0v) is 17.3. The van der Waals surface area contributed by atoms with Gasteiger partial charge in [0.25, 0.3) is 0 Å². The van der Waals surface area contributed by atoms with Crippen LogP contribution < -0.4 is 20.3 Å². The van der Waals surface area contributed by atoms with E-state index in [0.717, 1.165) is 53.7 Å². The van der Waals surface area contributed by atoms with E-state index >= 15 is 0 Å². The summed E-state index contributed by atoms with van der Waals surface area (Å²) < 4.78 is 6.19. The molecule has 1 N–H and O–H groups in total. The van der Waals surface area contributed by atoms with Gasteiger partial charge in [-0.25, -0.2) is 0 Å². The van der Waals surface area contributed by atoms with Crippen molar-refractivity contribution in [3.63, 3.8) is 0 Å². The number of allylic oxidation sites excluding steroid dienone is 1. The summed E-state index contributed by atoms with van der Waals surface area (Å²) in [6.07, 6.45) is 8.45. The summed E-state index contributed by atoms with van der Waals surface area (Å²) in [5, 5.41) is 11.4. The number of para-hydroxylation sites is 1. The van der Waals surface area contributed by atoms with Gasteiger partial charge in [0, 0.05) is 24.2 Å². The molecule has 2 aliphatic heterocycles. The van der Waals surface area contributed by atoms with Crippen LogP contribution in [0.2, 0.25) is 0 Å². The fourth-order valence-electron chi connectivity index (χ4n) is 4.74. The van der Waals surface area contributed by atoms with Gasteiger partial charge >= 0.3 is 0 Å². The highest BCUT2D eigenvalue weighted by Crippen LogP contribution is 2.38. The minimum atomic E-state index is 0.271. The molecule has 1 aromatic heterocycles. The zero-order chi connectivity index (χ0) is 19.8. The highest BCUT2D eigenvalue weighted by atomic mass is 35.5. The van der Waals surface area contributed by atoms with Gasteiger partial charge in [-0.15, -0.1) is 0 Å². The van der Waals surface area contributed by atoms with E-state index in [0.29, 0.717) is 12.5 Å². The number of aromatic nitrogens is 1. The Hall–Kier alpha value is -2.53. The summed E-state index contributed by atoms with van der Waals surface area (Å²) in [5.41, 5.74) is 3.68. The van der Waals surface area contributed by atoms with Crippen LogP contribution in [0, 0.1) is 5.92 Å². The standard InChI is InChI=1S/C23H25ClN4O/c1-28-12-11-19(24)21(22-23(28)18-13-25-26-14-20(18)27-22)15-7-9-17(10-8-15)29-16-5-3-2-4-6-16/h2-6,11,14-15,17,27H,7-10,12-13H2,1H3/t15-,17+. The van der Waals surface area contributed by atoms with E-state index in [1.165, 1.54) is 16.8 Å². The Morgan fingerprint density at radius 2 is 1.93 bits per heavy atom. The Morgan fingerprint density at radius 3 is 2.72 bits per heavy atom. The lowest BCUT2D eigenvalue weighted by Crippen LogP contribution is -2.28. The van der Waals surface area contributed by atoms with Gasteiger partial charge in [0.1, 0.15) is 5.75 Å². The van der Waals surface area contributed by atoms with Crippen LogP contribution in [-0.2, 0) is 6.54 Å². The molecule has 0 saturated heterocycles. The fourth-order valence-corrected chi connectivity index (χ4v) is 5.06. The molecular weight excluding hydrogens is 384 g/mol. The molecule has 2 aromatic rings. The molecule has 5 rings (SSSR count). The van der Waals surface area contributed by atoms with Crippen molar-refractivity contribution >= 4 is 29.1 Å². The first-order valence-electron chi connectivity index (χ1n) is 10.3. The van der Waals surface area contributed by atoms with Crippen LogP contribution in [0.15, 0.2) is 51.7 Å². The van der Waals surface area contributed by atoms with Gasteiger partial charge in [-0.05, 0) is 55.4 Å². The number of likely N-dealkylation sites (N-methyl/N-ethyl adjacent to an activating group) is 1. The van der Waals surface area contributed by atoms with E-state index in [-0.39, 0.29) is 6.10 Å². The average molecular weight is 409 g/mol. The van der Waals surface area contributed by atoms with Gasteiger partial charge in [-0.3, -0.25) is 0 Å². The minimum absolute atomic E-state index is 0.271. The van der Waals surface area contributed by atoms with E-state index in [4.69, 9.17) is 16.3 Å². The van der Waals surface area contributed by atoms with E-state index in [2.05, 4.69) is 33.2 Å². The summed E-state index contributed by atoms with van der Waals surface area (Å²) >= 11 is 6.83. The second-order valence-corrected chi connectivity index (χ2v) is 8.44. The maximum absolute atomic E-state index is 6.83. The van der Waals surface area contributed by atoms with Crippen molar-refractivity contribution in [3.8, 4) is 5.75 Å². The van der Waals surface area contributed by atoms with Crippen molar-refractivity contribution in [1.29, 1.82) is 0 Å². The number of ether oxygens (including phenoxy) is 1. The van der Waals surface area contributed by atoms with Crippen molar-refractivity contribution in [2.45, 2.75) is 38.3 Å². The molecule has 0 amide bonds. The van der Waals surface area contributed by atoms with E-state index in [9.17, 15) is 0 Å². The van der Waals surface area contributed by atoms with Crippen LogP contribution in [0.1, 0.15) is 31.2 Å². The number of anilines is 1. The quantitative estimate of drug-likeness (QED) is 0.831. The largest absolute Gasteiger partial charge is 0.490 e. The predicted octanol–water partition coefficient (Wildman–Crippen LogP) is 4.08. The highest BCUT2D eigenvalue weighted by molar-refractivity contribution is 6.36. The Balaban J connectivity index is 1.46. The van der Waals surface area contributed by atoms with E-state index in [1.54, 1.807) is 0 Å². The van der Waals surface area contributed by atoms with E-state index in [1.807, 2.05) is 36.5 Å². The maximum atomic E-state index is 6.83.